The van der Waals surface area contributed by atoms with E-state index in [1.807, 2.05) is 0 Å². The van der Waals surface area contributed by atoms with Crippen molar-refractivity contribution in [3.63, 3.8) is 0 Å². The largest absolute Gasteiger partial charge is 0.368 e. The third-order valence-electron chi connectivity index (χ3n) is 3.42. The van der Waals surface area contributed by atoms with Crippen LogP contribution in [-0.4, -0.2) is 34.9 Å². The van der Waals surface area contributed by atoms with Gasteiger partial charge in [0.05, 0.1) is 11.1 Å². The lowest BCUT2D eigenvalue weighted by Crippen LogP contribution is -2.47. The fraction of sp³-hybridized carbons (Fsp3) is 0.286. The minimum absolute atomic E-state index is 0.0219. The van der Waals surface area contributed by atoms with Crippen molar-refractivity contribution in [3.8, 4) is 0 Å². The first-order chi connectivity index (χ1) is 10.0. The molecule has 4 N–H and O–H groups in total. The van der Waals surface area contributed by atoms with Crippen molar-refractivity contribution in [1.29, 1.82) is 0 Å². The summed E-state index contributed by atoms with van der Waals surface area (Å²) in [6, 6.07) is 3.57. The number of aldehydes is 1. The molecule has 1 unspecified atom stereocenters. The van der Waals surface area contributed by atoms with Gasteiger partial charge >= 0.3 is 0 Å². The van der Waals surface area contributed by atoms with Crippen LogP contribution in [0.1, 0.15) is 39.1 Å². The van der Waals surface area contributed by atoms with Crippen molar-refractivity contribution in [3.05, 3.63) is 34.9 Å². The van der Waals surface area contributed by atoms with Gasteiger partial charge in [-0.05, 0) is 24.1 Å². The molecule has 7 nitrogen and oxygen atoms in total. The first kappa shape index (κ1) is 14.9. The Balaban J connectivity index is 2.39. The second-order valence-electron chi connectivity index (χ2n) is 4.73. The summed E-state index contributed by atoms with van der Waals surface area (Å²) in [6.45, 7) is 0.235. The lowest BCUT2D eigenvalue weighted by Gasteiger charge is -2.22. The maximum atomic E-state index is 12.4. The highest BCUT2D eigenvalue weighted by Crippen LogP contribution is 2.27. The predicted octanol–water partition coefficient (Wildman–Crippen LogP) is -0.426. The number of carbonyl (C=O) groups is 4. The number of benzene rings is 1. The molecule has 2 rings (SSSR count). The summed E-state index contributed by atoms with van der Waals surface area (Å²) in [5.41, 5.74) is 11.9. The van der Waals surface area contributed by atoms with Crippen LogP contribution in [0.4, 0.5) is 0 Å². The summed E-state index contributed by atoms with van der Waals surface area (Å²) in [4.78, 5) is 47.4. The molecule has 110 valence electrons. The van der Waals surface area contributed by atoms with E-state index in [-0.39, 0.29) is 30.5 Å². The predicted molar refractivity (Wildman–Crippen MR) is 73.1 cm³/mol. The minimum Gasteiger partial charge on any atom is -0.368 e. The van der Waals surface area contributed by atoms with Gasteiger partial charge < -0.3 is 16.3 Å². The van der Waals surface area contributed by atoms with Gasteiger partial charge in [-0.2, -0.15) is 0 Å². The maximum absolute atomic E-state index is 12.4. The summed E-state index contributed by atoms with van der Waals surface area (Å²) >= 11 is 0. The molecular formula is C14H15N3O4. The molecule has 0 aromatic heterocycles. The van der Waals surface area contributed by atoms with E-state index in [4.69, 9.17) is 11.5 Å². The molecule has 7 heteroatoms. The van der Waals surface area contributed by atoms with Crippen LogP contribution in [0.3, 0.4) is 0 Å². The molecular weight excluding hydrogens is 274 g/mol. The number of hydrogen-bond donors (Lipinski definition) is 2. The Hall–Kier alpha value is -2.54. The SMILES string of the molecule is NCc1ccc2c(c1)C(=O)N(C(CCC=O)C(N)=O)C2=O. The molecule has 3 amide bonds. The van der Waals surface area contributed by atoms with Crippen LogP contribution in [0.25, 0.3) is 0 Å². The van der Waals surface area contributed by atoms with Gasteiger partial charge in [0.1, 0.15) is 12.3 Å². The number of carbonyl (C=O) groups excluding carboxylic acids is 4. The molecule has 1 atom stereocenters. The Kier molecular flexibility index (Phi) is 4.13. The van der Waals surface area contributed by atoms with Gasteiger partial charge in [0.2, 0.25) is 5.91 Å². The topological polar surface area (TPSA) is 124 Å². The summed E-state index contributed by atoms with van der Waals surface area (Å²) in [5.74, 6) is -1.97. The van der Waals surface area contributed by atoms with Gasteiger partial charge in [-0.15, -0.1) is 0 Å². The fourth-order valence-corrected chi connectivity index (χ4v) is 2.34. The average Bonchev–Trinajstić information content (AvgIpc) is 2.72. The average molecular weight is 289 g/mol. The van der Waals surface area contributed by atoms with Crippen molar-refractivity contribution in [2.75, 3.05) is 0 Å². The summed E-state index contributed by atoms with van der Waals surface area (Å²) in [6.07, 6.45) is 0.670. The van der Waals surface area contributed by atoms with Gasteiger partial charge in [0.15, 0.2) is 0 Å². The quantitative estimate of drug-likeness (QED) is 0.543. The summed E-state index contributed by atoms with van der Waals surface area (Å²) in [5, 5.41) is 0. The Labute approximate surface area is 120 Å². The molecule has 21 heavy (non-hydrogen) atoms. The molecule has 1 aliphatic rings. The second kappa shape index (κ2) is 5.84. The van der Waals surface area contributed by atoms with Crippen molar-refractivity contribution >= 4 is 24.0 Å². The van der Waals surface area contributed by atoms with E-state index in [0.29, 0.717) is 11.8 Å². The number of imide groups is 1. The van der Waals surface area contributed by atoms with Gasteiger partial charge in [0.25, 0.3) is 11.8 Å². The Morgan fingerprint density at radius 1 is 1.24 bits per heavy atom. The normalized spacial score (nSPS) is 15.0. The monoisotopic (exact) mass is 289 g/mol. The zero-order valence-corrected chi connectivity index (χ0v) is 11.2. The zero-order valence-electron chi connectivity index (χ0n) is 11.2. The minimum atomic E-state index is -1.12. The Morgan fingerprint density at radius 3 is 2.48 bits per heavy atom. The van der Waals surface area contributed by atoms with Crippen molar-refractivity contribution in [1.82, 2.24) is 4.90 Å². The molecule has 1 aliphatic heterocycles. The van der Waals surface area contributed by atoms with E-state index in [2.05, 4.69) is 0 Å². The Morgan fingerprint density at radius 2 is 1.90 bits per heavy atom. The second-order valence-corrected chi connectivity index (χ2v) is 4.73. The van der Waals surface area contributed by atoms with Crippen LogP contribution in [0.5, 0.6) is 0 Å². The van der Waals surface area contributed by atoms with Crippen LogP contribution in [0.15, 0.2) is 18.2 Å². The van der Waals surface area contributed by atoms with Gasteiger partial charge in [-0.3, -0.25) is 19.3 Å². The zero-order chi connectivity index (χ0) is 15.6. The molecule has 0 radical (unpaired) electrons. The number of rotatable bonds is 6. The van der Waals surface area contributed by atoms with Crippen LogP contribution in [-0.2, 0) is 16.1 Å². The molecule has 1 heterocycles. The molecule has 0 bridgehead atoms. The highest BCUT2D eigenvalue weighted by molar-refractivity contribution is 6.22. The molecule has 1 aromatic rings. The molecule has 0 spiro atoms. The number of fused-ring (bicyclic) bond motifs is 1. The molecule has 1 aromatic carbocycles. The number of nitrogens with zero attached hydrogens (tertiary/aromatic N) is 1. The van der Waals surface area contributed by atoms with Crippen molar-refractivity contribution in [2.45, 2.75) is 25.4 Å². The van der Waals surface area contributed by atoms with Crippen molar-refractivity contribution < 1.29 is 19.2 Å². The van der Waals surface area contributed by atoms with Crippen molar-refractivity contribution in [2.24, 2.45) is 11.5 Å². The van der Waals surface area contributed by atoms with Crippen LogP contribution in [0, 0.1) is 0 Å². The van der Waals surface area contributed by atoms with Crippen LogP contribution < -0.4 is 11.5 Å². The molecule has 0 fully saturated rings. The standard InChI is InChI=1S/C14H15N3O4/c15-7-8-3-4-9-10(6-8)14(21)17(13(9)20)11(12(16)19)2-1-5-18/h3-6,11H,1-2,7,15H2,(H2,16,19). The van der Waals surface area contributed by atoms with Gasteiger partial charge in [0, 0.05) is 13.0 Å². The highest BCUT2D eigenvalue weighted by Gasteiger charge is 2.41. The van der Waals surface area contributed by atoms with Crippen LogP contribution in [0.2, 0.25) is 0 Å². The van der Waals surface area contributed by atoms with E-state index >= 15 is 0 Å². The number of nitrogens with two attached hydrogens (primary N) is 2. The number of amides is 3. The third kappa shape index (κ3) is 2.55. The molecule has 0 saturated heterocycles. The number of primary amides is 1. The summed E-state index contributed by atoms with van der Waals surface area (Å²) in [7, 11) is 0. The number of hydrogen-bond acceptors (Lipinski definition) is 5. The molecule has 0 saturated carbocycles. The van der Waals surface area contributed by atoms with E-state index < -0.39 is 23.8 Å². The van der Waals surface area contributed by atoms with E-state index in [9.17, 15) is 19.2 Å². The third-order valence-corrected chi connectivity index (χ3v) is 3.42. The first-order valence-corrected chi connectivity index (χ1v) is 6.45. The van der Waals surface area contributed by atoms with Gasteiger partial charge in [-0.1, -0.05) is 6.07 Å². The van der Waals surface area contributed by atoms with E-state index in [0.717, 1.165) is 4.90 Å². The Bertz CT molecular complexity index is 627. The smallest absolute Gasteiger partial charge is 0.262 e. The first-order valence-electron chi connectivity index (χ1n) is 6.45. The highest BCUT2D eigenvalue weighted by atomic mass is 16.2. The molecule has 0 aliphatic carbocycles. The lowest BCUT2D eigenvalue weighted by atomic mass is 10.1. The lowest BCUT2D eigenvalue weighted by molar-refractivity contribution is -0.122. The van der Waals surface area contributed by atoms with E-state index in [1.165, 1.54) is 12.1 Å². The van der Waals surface area contributed by atoms with E-state index in [1.54, 1.807) is 6.07 Å². The van der Waals surface area contributed by atoms with Crippen LogP contribution >= 0.6 is 0 Å². The van der Waals surface area contributed by atoms with Gasteiger partial charge in [-0.25, -0.2) is 0 Å². The summed E-state index contributed by atoms with van der Waals surface area (Å²) < 4.78 is 0. The maximum Gasteiger partial charge on any atom is 0.262 e. The fourth-order valence-electron chi connectivity index (χ4n) is 2.34.